The number of fused-ring (bicyclic) bond motifs is 3. The number of unbranched alkanes of at least 4 members (excludes halogenated alkanes) is 6. The summed E-state index contributed by atoms with van der Waals surface area (Å²) >= 11 is 12.6. The van der Waals surface area contributed by atoms with Gasteiger partial charge in [0, 0.05) is 17.2 Å². The number of benzene rings is 3. The van der Waals surface area contributed by atoms with Crippen molar-refractivity contribution in [2.75, 3.05) is 0 Å². The first-order valence-corrected chi connectivity index (χ1v) is 14.7. The van der Waals surface area contributed by atoms with E-state index in [2.05, 4.69) is 74.5 Å². The van der Waals surface area contributed by atoms with E-state index in [0.717, 1.165) is 5.56 Å². The Morgan fingerprint density at radius 3 is 1.94 bits per heavy atom. The molecule has 0 saturated carbocycles. The predicted octanol–water partition coefficient (Wildman–Crippen LogP) is 11.0. The Morgan fingerprint density at radius 1 is 0.600 bits per heavy atom. The molecule has 0 aromatic heterocycles. The second-order valence-corrected chi connectivity index (χ2v) is 10.8. The molecule has 0 nitrogen and oxygen atoms in total. The molecule has 1 aliphatic carbocycles. The van der Waals surface area contributed by atoms with Gasteiger partial charge in [-0.15, -0.1) is 23.2 Å². The van der Waals surface area contributed by atoms with Gasteiger partial charge in [0.15, 0.2) is 0 Å². The minimum Gasteiger partial charge on any atom is -0.122 e. The minimum absolute atomic E-state index is 0.106. The third-order valence-corrected chi connectivity index (χ3v) is 8.56. The van der Waals surface area contributed by atoms with Gasteiger partial charge in [0.1, 0.15) is 0 Å². The van der Waals surface area contributed by atoms with Gasteiger partial charge in [0.25, 0.3) is 0 Å². The second-order valence-electron chi connectivity index (χ2n) is 10.3. The number of alkyl halides is 2. The van der Waals surface area contributed by atoms with Crippen molar-refractivity contribution >= 4 is 23.2 Å². The number of hydrogen-bond donors (Lipinski definition) is 0. The summed E-state index contributed by atoms with van der Waals surface area (Å²) < 4.78 is 0. The van der Waals surface area contributed by atoms with Crippen LogP contribution < -0.4 is 0 Å². The van der Waals surface area contributed by atoms with E-state index in [1.165, 1.54) is 97.6 Å². The quantitative estimate of drug-likeness (QED) is 0.159. The average molecular weight is 508 g/mol. The molecule has 1 aliphatic rings. The van der Waals surface area contributed by atoms with Crippen molar-refractivity contribution in [2.45, 2.75) is 95.2 Å². The molecule has 35 heavy (non-hydrogen) atoms. The van der Waals surface area contributed by atoms with Crippen LogP contribution in [0.15, 0.2) is 60.7 Å². The molecule has 0 amide bonds. The van der Waals surface area contributed by atoms with E-state index in [1.54, 1.807) is 5.56 Å². The molecule has 0 bridgehead atoms. The van der Waals surface area contributed by atoms with Gasteiger partial charge in [-0.25, -0.2) is 0 Å². The van der Waals surface area contributed by atoms with Crippen molar-refractivity contribution in [3.05, 3.63) is 82.9 Å². The molecule has 0 heterocycles. The molecular formula is C33H40Cl2. The zero-order valence-corrected chi connectivity index (χ0v) is 23.0. The fraction of sp³-hybridized carbons (Fsp3) is 0.455. The van der Waals surface area contributed by atoms with Crippen LogP contribution in [0, 0.1) is 0 Å². The smallest absolute Gasteiger partial charge is 0.0480 e. The van der Waals surface area contributed by atoms with Crippen molar-refractivity contribution in [2.24, 2.45) is 0 Å². The molecule has 0 saturated heterocycles. The second kappa shape index (κ2) is 12.5. The molecule has 3 aromatic rings. The Balaban J connectivity index is 1.83. The highest BCUT2D eigenvalue weighted by Crippen LogP contribution is 2.55. The van der Waals surface area contributed by atoms with Crippen LogP contribution in [0.1, 0.15) is 100 Å². The first kappa shape index (κ1) is 26.3. The molecule has 4 rings (SSSR count). The monoisotopic (exact) mass is 506 g/mol. The lowest BCUT2D eigenvalue weighted by Gasteiger charge is -2.33. The highest BCUT2D eigenvalue weighted by molar-refractivity contribution is 6.18. The number of rotatable bonds is 13. The highest BCUT2D eigenvalue weighted by atomic mass is 35.5. The Hall–Kier alpha value is -1.76. The fourth-order valence-corrected chi connectivity index (χ4v) is 6.49. The molecule has 0 atom stereocenters. The Labute approximate surface area is 223 Å². The van der Waals surface area contributed by atoms with E-state index in [-0.39, 0.29) is 5.41 Å². The first-order chi connectivity index (χ1) is 17.2. The van der Waals surface area contributed by atoms with Crippen LogP contribution >= 0.6 is 23.2 Å². The molecule has 0 radical (unpaired) electrons. The molecular weight excluding hydrogens is 467 g/mol. The summed E-state index contributed by atoms with van der Waals surface area (Å²) in [5.41, 5.74) is 10.9. The van der Waals surface area contributed by atoms with E-state index in [9.17, 15) is 0 Å². The van der Waals surface area contributed by atoms with E-state index in [1.807, 2.05) is 0 Å². The lowest BCUT2D eigenvalue weighted by atomic mass is 9.70. The van der Waals surface area contributed by atoms with Crippen LogP contribution in [0.5, 0.6) is 0 Å². The van der Waals surface area contributed by atoms with Gasteiger partial charge in [-0.05, 0) is 69.5 Å². The van der Waals surface area contributed by atoms with Crippen molar-refractivity contribution in [1.29, 1.82) is 0 Å². The molecule has 0 aliphatic heterocycles. The topological polar surface area (TPSA) is 0 Å². The SMILES string of the molecule is CCCCCCC1(CCCCCC)c2ccccc2-c2ccc(-c3cc(CCl)ccc3CCl)cc21. The van der Waals surface area contributed by atoms with Crippen LogP contribution in [0.2, 0.25) is 0 Å². The van der Waals surface area contributed by atoms with Gasteiger partial charge >= 0.3 is 0 Å². The molecule has 0 fully saturated rings. The summed E-state index contributed by atoms with van der Waals surface area (Å²) in [6, 6.07) is 22.8. The molecule has 2 heteroatoms. The van der Waals surface area contributed by atoms with Crippen molar-refractivity contribution in [1.82, 2.24) is 0 Å². The maximum absolute atomic E-state index is 6.39. The van der Waals surface area contributed by atoms with E-state index >= 15 is 0 Å². The van der Waals surface area contributed by atoms with Crippen molar-refractivity contribution < 1.29 is 0 Å². The van der Waals surface area contributed by atoms with Crippen LogP contribution in [0.3, 0.4) is 0 Å². The number of hydrogen-bond acceptors (Lipinski definition) is 0. The lowest BCUT2D eigenvalue weighted by Crippen LogP contribution is -2.25. The van der Waals surface area contributed by atoms with E-state index in [0.29, 0.717) is 11.8 Å². The summed E-state index contributed by atoms with van der Waals surface area (Å²) in [6.07, 6.45) is 12.9. The average Bonchev–Trinajstić information content (AvgIpc) is 3.18. The third-order valence-electron chi connectivity index (χ3n) is 7.97. The predicted molar refractivity (Wildman–Crippen MR) is 155 cm³/mol. The summed E-state index contributed by atoms with van der Waals surface area (Å²) in [4.78, 5) is 0. The Kier molecular flexibility index (Phi) is 9.37. The van der Waals surface area contributed by atoms with Crippen molar-refractivity contribution in [3.8, 4) is 22.3 Å². The zero-order valence-electron chi connectivity index (χ0n) is 21.5. The van der Waals surface area contributed by atoms with Crippen molar-refractivity contribution in [3.63, 3.8) is 0 Å². The van der Waals surface area contributed by atoms with Gasteiger partial charge in [-0.2, -0.15) is 0 Å². The first-order valence-electron chi connectivity index (χ1n) is 13.7. The highest BCUT2D eigenvalue weighted by Gasteiger charge is 2.42. The summed E-state index contributed by atoms with van der Waals surface area (Å²) in [6.45, 7) is 4.60. The third kappa shape index (κ3) is 5.50. The van der Waals surface area contributed by atoms with Crippen LogP contribution in [0.4, 0.5) is 0 Å². The van der Waals surface area contributed by atoms with Gasteiger partial charge in [0.2, 0.25) is 0 Å². The van der Waals surface area contributed by atoms with Gasteiger partial charge < -0.3 is 0 Å². The maximum Gasteiger partial charge on any atom is 0.0480 e. The number of halogens is 2. The lowest BCUT2D eigenvalue weighted by molar-refractivity contribution is 0.401. The maximum atomic E-state index is 6.39. The normalized spacial score (nSPS) is 13.6. The van der Waals surface area contributed by atoms with Gasteiger partial charge in [-0.3, -0.25) is 0 Å². The molecule has 3 aromatic carbocycles. The van der Waals surface area contributed by atoms with Crippen LogP contribution in [-0.4, -0.2) is 0 Å². The van der Waals surface area contributed by atoms with Gasteiger partial charge in [0.05, 0.1) is 0 Å². The summed E-state index contributed by atoms with van der Waals surface area (Å²) in [7, 11) is 0. The van der Waals surface area contributed by atoms with Gasteiger partial charge in [-0.1, -0.05) is 114 Å². The molecule has 0 unspecified atom stereocenters. The Bertz CT molecular complexity index is 1100. The summed E-state index contributed by atoms with van der Waals surface area (Å²) in [5.74, 6) is 1.03. The van der Waals surface area contributed by atoms with E-state index < -0.39 is 0 Å². The molecule has 0 spiro atoms. The largest absolute Gasteiger partial charge is 0.122 e. The van der Waals surface area contributed by atoms with Crippen LogP contribution in [0.25, 0.3) is 22.3 Å². The van der Waals surface area contributed by atoms with Crippen LogP contribution in [-0.2, 0) is 17.2 Å². The minimum atomic E-state index is 0.106. The standard InChI is InChI=1S/C33H40Cl2/c1-3-5-7-11-19-33(20-12-8-6-4-2)31-14-10-9-13-28(31)29-18-17-26(22-32(29)33)30-21-25(23-34)15-16-27(30)24-35/h9-10,13-18,21-22H,3-8,11-12,19-20,23-24H2,1-2H3. The molecule has 0 N–H and O–H groups in total. The molecule has 186 valence electrons. The fourth-order valence-electron chi connectivity index (χ4n) is 6.09. The summed E-state index contributed by atoms with van der Waals surface area (Å²) in [5, 5.41) is 0. The zero-order chi connectivity index (χ0) is 24.7. The Morgan fingerprint density at radius 2 is 1.29 bits per heavy atom. The van der Waals surface area contributed by atoms with E-state index in [4.69, 9.17) is 23.2 Å².